The lowest BCUT2D eigenvalue weighted by Gasteiger charge is -2.38. The highest BCUT2D eigenvalue weighted by atomic mass is 32.1. The van der Waals surface area contributed by atoms with E-state index in [0.29, 0.717) is 17.2 Å². The van der Waals surface area contributed by atoms with Crippen LogP contribution in [0.3, 0.4) is 0 Å². The lowest BCUT2D eigenvalue weighted by atomic mass is 9.89. The van der Waals surface area contributed by atoms with Gasteiger partial charge < -0.3 is 20.9 Å². The second-order valence-electron chi connectivity index (χ2n) is 9.75. The molecular weight excluding hydrogens is 440 g/mol. The Hall–Kier alpha value is -2.93. The lowest BCUT2D eigenvalue weighted by Crippen LogP contribution is -2.46. The number of benzene rings is 2. The third-order valence-corrected chi connectivity index (χ3v) is 7.44. The number of nitrogens with one attached hydrogen (secondary N) is 1. The summed E-state index contributed by atoms with van der Waals surface area (Å²) >= 11 is 5.54. The Labute approximate surface area is 207 Å². The Balaban J connectivity index is 1.31. The summed E-state index contributed by atoms with van der Waals surface area (Å²) in [5.41, 5.74) is 9.93. The molecule has 0 atom stereocenters. The lowest BCUT2D eigenvalue weighted by molar-refractivity contribution is 0.409. The number of hydrogen-bond acceptors (Lipinski definition) is 5. The number of aromatic nitrogens is 2. The molecule has 6 nitrogen and oxygen atoms in total. The highest BCUT2D eigenvalue weighted by Crippen LogP contribution is 2.34. The van der Waals surface area contributed by atoms with Crippen molar-refractivity contribution in [3.05, 3.63) is 53.7 Å². The number of rotatable bonds is 5. The smallest absolute Gasteiger partial charge is 0.225 e. The van der Waals surface area contributed by atoms with Gasteiger partial charge in [0.2, 0.25) is 5.95 Å². The summed E-state index contributed by atoms with van der Waals surface area (Å²) in [6.07, 6.45) is 8.67. The number of anilines is 3. The number of nitrogens with two attached hydrogens (primary N) is 1. The molecule has 0 radical (unpaired) electrons. The van der Waals surface area contributed by atoms with Gasteiger partial charge in [-0.25, -0.2) is 4.98 Å². The number of fused-ring (bicyclic) bond motifs is 2. The molecule has 2 aromatic carbocycles. The number of hydrogen-bond donors (Lipinski definition) is 2. The minimum Gasteiger partial charge on any atom is -0.376 e. The van der Waals surface area contributed by atoms with Crippen LogP contribution in [0.4, 0.5) is 17.5 Å². The van der Waals surface area contributed by atoms with E-state index in [1.54, 1.807) is 0 Å². The van der Waals surface area contributed by atoms with E-state index in [2.05, 4.69) is 71.7 Å². The molecule has 3 aromatic rings. The largest absolute Gasteiger partial charge is 0.376 e. The summed E-state index contributed by atoms with van der Waals surface area (Å²) in [6.45, 7) is 0. The topological polar surface area (TPSA) is 70.3 Å². The predicted molar refractivity (Wildman–Crippen MR) is 146 cm³/mol. The van der Waals surface area contributed by atoms with Crippen LogP contribution in [0, 0.1) is 0 Å². The van der Waals surface area contributed by atoms with E-state index >= 15 is 0 Å². The zero-order valence-corrected chi connectivity index (χ0v) is 20.9. The Bertz CT molecular complexity index is 1180. The van der Waals surface area contributed by atoms with Gasteiger partial charge in [-0.1, -0.05) is 36.4 Å². The fourth-order valence-corrected chi connectivity index (χ4v) is 5.83. The first-order chi connectivity index (χ1) is 16.5. The maximum atomic E-state index is 6.28. The zero-order valence-electron chi connectivity index (χ0n) is 20.1. The van der Waals surface area contributed by atoms with E-state index in [1.165, 1.54) is 34.9 Å². The third-order valence-electron chi connectivity index (χ3n) is 7.24. The summed E-state index contributed by atoms with van der Waals surface area (Å²) in [7, 11) is 4.15. The Morgan fingerprint density at radius 1 is 0.971 bits per heavy atom. The van der Waals surface area contributed by atoms with Crippen LogP contribution in [-0.4, -0.2) is 41.3 Å². The molecule has 34 heavy (non-hydrogen) atoms. The van der Waals surface area contributed by atoms with Crippen LogP contribution >= 0.6 is 12.2 Å². The SMILES string of the molecule is CN(C)c1nc(NC2CCC(N(C(N)=S)c3cccc4ccccc34)CC2)nc2c1CCCC2. The molecule has 0 spiro atoms. The van der Waals surface area contributed by atoms with Gasteiger partial charge >= 0.3 is 0 Å². The van der Waals surface area contributed by atoms with Crippen molar-refractivity contribution in [1.82, 2.24) is 9.97 Å². The Kier molecular flexibility index (Phi) is 6.55. The van der Waals surface area contributed by atoms with Crippen molar-refractivity contribution in [3.63, 3.8) is 0 Å². The van der Waals surface area contributed by atoms with Gasteiger partial charge in [0, 0.05) is 37.1 Å². The van der Waals surface area contributed by atoms with Crippen LogP contribution in [0.25, 0.3) is 10.8 Å². The second-order valence-corrected chi connectivity index (χ2v) is 10.2. The molecule has 0 bridgehead atoms. The monoisotopic (exact) mass is 474 g/mol. The number of aryl methyl sites for hydroxylation is 1. The molecule has 178 valence electrons. The van der Waals surface area contributed by atoms with Gasteiger partial charge in [0.15, 0.2) is 5.11 Å². The van der Waals surface area contributed by atoms with Crippen molar-refractivity contribution in [1.29, 1.82) is 0 Å². The van der Waals surface area contributed by atoms with E-state index in [0.717, 1.165) is 56.0 Å². The van der Waals surface area contributed by atoms with E-state index in [-0.39, 0.29) is 0 Å². The molecule has 2 aliphatic carbocycles. The van der Waals surface area contributed by atoms with Crippen molar-refractivity contribution in [2.75, 3.05) is 29.2 Å². The Morgan fingerprint density at radius 3 is 2.47 bits per heavy atom. The molecule has 2 aliphatic rings. The molecule has 7 heteroatoms. The molecule has 5 rings (SSSR count). The van der Waals surface area contributed by atoms with Gasteiger partial charge in [-0.05, 0) is 75.0 Å². The van der Waals surface area contributed by atoms with Crippen molar-refractivity contribution in [2.24, 2.45) is 5.73 Å². The highest BCUT2D eigenvalue weighted by Gasteiger charge is 2.29. The maximum Gasteiger partial charge on any atom is 0.225 e. The first kappa shape index (κ1) is 22.8. The molecule has 3 N–H and O–H groups in total. The summed E-state index contributed by atoms with van der Waals surface area (Å²) in [5, 5.41) is 6.50. The molecule has 1 heterocycles. The predicted octanol–water partition coefficient (Wildman–Crippen LogP) is 5.05. The number of thiocarbonyl (C=S) groups is 1. The van der Waals surface area contributed by atoms with Crippen molar-refractivity contribution in [2.45, 2.75) is 63.5 Å². The van der Waals surface area contributed by atoms with Crippen LogP contribution in [0.2, 0.25) is 0 Å². The molecular formula is C27H34N6S. The maximum absolute atomic E-state index is 6.28. The van der Waals surface area contributed by atoms with E-state index in [9.17, 15) is 0 Å². The highest BCUT2D eigenvalue weighted by molar-refractivity contribution is 7.80. The van der Waals surface area contributed by atoms with E-state index in [4.69, 9.17) is 27.9 Å². The fourth-order valence-electron chi connectivity index (χ4n) is 5.58. The Morgan fingerprint density at radius 2 is 1.71 bits per heavy atom. The van der Waals surface area contributed by atoms with Crippen LogP contribution in [-0.2, 0) is 12.8 Å². The third kappa shape index (κ3) is 4.53. The van der Waals surface area contributed by atoms with Crippen molar-refractivity contribution in [3.8, 4) is 0 Å². The molecule has 1 fully saturated rings. The average molecular weight is 475 g/mol. The van der Waals surface area contributed by atoms with Gasteiger partial charge in [0.05, 0.1) is 11.4 Å². The van der Waals surface area contributed by atoms with Gasteiger partial charge in [-0.15, -0.1) is 0 Å². The molecule has 1 saturated carbocycles. The zero-order chi connectivity index (χ0) is 23.7. The molecule has 0 unspecified atom stereocenters. The number of nitrogens with zero attached hydrogens (tertiary/aromatic N) is 4. The minimum atomic E-state index is 0.295. The standard InChI is InChI=1S/C27H34N6S/c1-32(2)25-22-11-5-6-12-23(22)30-27(31-25)29-19-14-16-20(17-15-19)33(26(28)34)24-13-7-9-18-8-3-4-10-21(18)24/h3-4,7-10,13,19-20H,5-6,11-12,14-17H2,1-2H3,(H2,28,34)(H,29,30,31). The minimum absolute atomic E-state index is 0.295. The van der Waals surface area contributed by atoms with Crippen LogP contribution in [0.15, 0.2) is 42.5 Å². The molecule has 0 saturated heterocycles. The van der Waals surface area contributed by atoms with Gasteiger partial charge in [0.25, 0.3) is 0 Å². The second kappa shape index (κ2) is 9.74. The normalized spacial score (nSPS) is 19.9. The molecule has 0 aliphatic heterocycles. The first-order valence-electron chi connectivity index (χ1n) is 12.4. The summed E-state index contributed by atoms with van der Waals surface area (Å²) in [5.74, 6) is 1.84. The van der Waals surface area contributed by atoms with E-state index in [1.807, 2.05) is 0 Å². The fraction of sp³-hybridized carbons (Fsp3) is 0.444. The van der Waals surface area contributed by atoms with Gasteiger partial charge in [-0.2, -0.15) is 4.98 Å². The molecule has 0 amide bonds. The van der Waals surface area contributed by atoms with E-state index < -0.39 is 0 Å². The van der Waals surface area contributed by atoms with Crippen LogP contribution in [0.5, 0.6) is 0 Å². The van der Waals surface area contributed by atoms with Crippen molar-refractivity contribution < 1.29 is 0 Å². The first-order valence-corrected chi connectivity index (χ1v) is 12.8. The van der Waals surface area contributed by atoms with Gasteiger partial charge in [-0.3, -0.25) is 0 Å². The average Bonchev–Trinajstić information content (AvgIpc) is 2.84. The van der Waals surface area contributed by atoms with Gasteiger partial charge in [0.1, 0.15) is 5.82 Å². The summed E-state index contributed by atoms with van der Waals surface area (Å²) < 4.78 is 0. The summed E-state index contributed by atoms with van der Waals surface area (Å²) in [6, 6.07) is 15.4. The molecule has 1 aromatic heterocycles. The van der Waals surface area contributed by atoms with Crippen LogP contribution < -0.4 is 20.9 Å². The summed E-state index contributed by atoms with van der Waals surface area (Å²) in [4.78, 5) is 14.1. The van der Waals surface area contributed by atoms with Crippen LogP contribution in [0.1, 0.15) is 49.8 Å². The quantitative estimate of drug-likeness (QED) is 0.502. The van der Waals surface area contributed by atoms with Crippen molar-refractivity contribution >= 4 is 45.6 Å².